The fourth-order valence-electron chi connectivity index (χ4n) is 8.24. The van der Waals surface area contributed by atoms with Crippen LogP contribution in [-0.4, -0.2) is 0 Å². The van der Waals surface area contributed by atoms with E-state index in [4.69, 9.17) is 0 Å². The molecule has 9 rings (SSSR count). The van der Waals surface area contributed by atoms with Crippen molar-refractivity contribution in [3.8, 4) is 28.3 Å². The third-order valence-electron chi connectivity index (χ3n) is 11.0. The van der Waals surface area contributed by atoms with E-state index in [1.165, 1.54) is 11.1 Å². The molecule has 0 heterocycles. The maximum absolute atomic E-state index is 10.8. The maximum atomic E-state index is 10.8. The van der Waals surface area contributed by atoms with Crippen LogP contribution in [0, 0.1) is 11.3 Å². The largest absolute Gasteiger partial charge is 0.192 e. The zero-order valence-electron chi connectivity index (χ0n) is 33.1. The Bertz CT molecular complexity index is 2660. The summed E-state index contributed by atoms with van der Waals surface area (Å²) in [6.07, 6.45) is 0. The van der Waals surface area contributed by atoms with Crippen molar-refractivity contribution < 1.29 is 0 Å². The van der Waals surface area contributed by atoms with E-state index < -0.39 is 0 Å². The van der Waals surface area contributed by atoms with Crippen molar-refractivity contribution in [3.63, 3.8) is 0 Å². The highest BCUT2D eigenvalue weighted by molar-refractivity contribution is 6.06. The molecule has 0 aliphatic carbocycles. The molecule has 0 bridgehead atoms. The first-order valence-corrected chi connectivity index (χ1v) is 20.3. The molecular formula is C59H41N. The summed E-state index contributed by atoms with van der Waals surface area (Å²) in [6, 6.07) is 89.9. The van der Waals surface area contributed by atoms with Crippen molar-refractivity contribution in [2.75, 3.05) is 0 Å². The molecule has 0 amide bonds. The Balaban J connectivity index is 1.13. The first-order valence-electron chi connectivity index (χ1n) is 20.3. The van der Waals surface area contributed by atoms with Gasteiger partial charge in [-0.25, -0.2) is 0 Å². The van der Waals surface area contributed by atoms with Crippen molar-refractivity contribution >= 4 is 22.3 Å². The molecule has 0 saturated carbocycles. The second-order valence-corrected chi connectivity index (χ2v) is 14.7. The van der Waals surface area contributed by atoms with Gasteiger partial charge in [0.2, 0.25) is 0 Å². The fourth-order valence-corrected chi connectivity index (χ4v) is 8.24. The Morgan fingerprint density at radius 3 is 0.667 bits per heavy atom. The molecule has 1 nitrogen and oxygen atoms in total. The average Bonchev–Trinajstić information content (AvgIpc) is 3.34. The number of hydrogen-bond donors (Lipinski definition) is 0. The zero-order chi connectivity index (χ0) is 40.5. The van der Waals surface area contributed by atoms with Gasteiger partial charge in [0, 0.05) is 11.1 Å². The Labute approximate surface area is 353 Å². The van der Waals surface area contributed by atoms with Crippen LogP contribution in [0.2, 0.25) is 0 Å². The predicted molar refractivity (Wildman–Crippen MR) is 251 cm³/mol. The van der Waals surface area contributed by atoms with Crippen LogP contribution in [0.1, 0.15) is 50.1 Å². The summed E-state index contributed by atoms with van der Waals surface area (Å²) in [4.78, 5) is 0. The Morgan fingerprint density at radius 1 is 0.233 bits per heavy atom. The molecule has 0 aliphatic rings. The Morgan fingerprint density at radius 2 is 0.450 bits per heavy atom. The summed E-state index contributed by atoms with van der Waals surface area (Å²) in [7, 11) is 0. The zero-order valence-corrected chi connectivity index (χ0v) is 33.1. The summed E-state index contributed by atoms with van der Waals surface area (Å²) in [6.45, 7) is 0. The molecule has 60 heavy (non-hydrogen) atoms. The van der Waals surface area contributed by atoms with Crippen molar-refractivity contribution in [1.82, 2.24) is 0 Å². The SMILES string of the molecule is N#Cc1c(-c2ccc(C(=C(c3ccccc3)c3ccccc3)c3ccccc3)cc2)cccc1-c1ccc(C(=C(c2ccccc2)c2ccccc2)c2ccccc2)cc1. The van der Waals surface area contributed by atoms with Gasteiger partial charge in [0.05, 0.1) is 5.56 Å². The van der Waals surface area contributed by atoms with Crippen molar-refractivity contribution in [2.24, 2.45) is 0 Å². The van der Waals surface area contributed by atoms with Gasteiger partial charge in [0.1, 0.15) is 6.07 Å². The third-order valence-corrected chi connectivity index (χ3v) is 11.0. The monoisotopic (exact) mass is 763 g/mol. The highest BCUT2D eigenvalue weighted by Gasteiger charge is 2.19. The lowest BCUT2D eigenvalue weighted by Gasteiger charge is -2.19. The number of rotatable bonds is 10. The lowest BCUT2D eigenvalue weighted by molar-refractivity contribution is 1.46. The van der Waals surface area contributed by atoms with Crippen LogP contribution in [0.15, 0.2) is 249 Å². The van der Waals surface area contributed by atoms with E-state index in [2.05, 4.69) is 255 Å². The molecule has 1 heteroatoms. The van der Waals surface area contributed by atoms with Gasteiger partial charge >= 0.3 is 0 Å². The maximum Gasteiger partial charge on any atom is 0.100 e. The molecule has 0 aliphatic heterocycles. The summed E-state index contributed by atoms with van der Waals surface area (Å²) in [5, 5.41) is 10.8. The second kappa shape index (κ2) is 17.6. The minimum atomic E-state index is 0.652. The van der Waals surface area contributed by atoms with Gasteiger partial charge in [-0.3, -0.25) is 0 Å². The van der Waals surface area contributed by atoms with Crippen LogP contribution in [-0.2, 0) is 0 Å². The molecule has 0 fully saturated rings. The van der Waals surface area contributed by atoms with E-state index in [1.807, 2.05) is 0 Å². The van der Waals surface area contributed by atoms with E-state index in [-0.39, 0.29) is 0 Å². The molecule has 0 spiro atoms. The van der Waals surface area contributed by atoms with E-state index in [1.54, 1.807) is 0 Å². The van der Waals surface area contributed by atoms with Crippen LogP contribution in [0.4, 0.5) is 0 Å². The molecule has 0 unspecified atom stereocenters. The smallest absolute Gasteiger partial charge is 0.100 e. The van der Waals surface area contributed by atoms with E-state index in [0.717, 1.165) is 77.9 Å². The van der Waals surface area contributed by atoms with Gasteiger partial charge in [0.15, 0.2) is 0 Å². The second-order valence-electron chi connectivity index (χ2n) is 14.7. The van der Waals surface area contributed by atoms with E-state index in [0.29, 0.717) is 5.56 Å². The minimum Gasteiger partial charge on any atom is -0.192 e. The number of benzene rings is 9. The standard InChI is InChI=1S/C59H41N/c60-42-55-53(43-34-38-51(39-35-43)58(49-28-15-5-16-29-49)56(45-20-7-1-8-21-45)46-22-9-2-10-23-46)32-19-33-54(55)44-36-40-52(41-37-44)59(50-30-17-6-18-31-50)57(47-24-11-3-12-25-47)48-26-13-4-14-27-48/h1-41H. The summed E-state index contributed by atoms with van der Waals surface area (Å²) < 4.78 is 0. The molecule has 0 N–H and O–H groups in total. The van der Waals surface area contributed by atoms with Gasteiger partial charge < -0.3 is 0 Å². The average molecular weight is 764 g/mol. The van der Waals surface area contributed by atoms with Gasteiger partial charge in [-0.2, -0.15) is 5.26 Å². The highest BCUT2D eigenvalue weighted by Crippen LogP contribution is 2.40. The summed E-state index contributed by atoms with van der Waals surface area (Å²) >= 11 is 0. The Kier molecular flexibility index (Phi) is 11.0. The van der Waals surface area contributed by atoms with Crippen LogP contribution < -0.4 is 0 Å². The quantitative estimate of drug-likeness (QED) is 0.127. The van der Waals surface area contributed by atoms with Gasteiger partial charge in [0.25, 0.3) is 0 Å². The van der Waals surface area contributed by atoms with Crippen LogP contribution in [0.3, 0.4) is 0 Å². The third kappa shape index (κ3) is 7.79. The minimum absolute atomic E-state index is 0.652. The number of nitrogens with zero attached hydrogens (tertiary/aromatic N) is 1. The van der Waals surface area contributed by atoms with E-state index in [9.17, 15) is 5.26 Å². The van der Waals surface area contributed by atoms with Crippen molar-refractivity contribution in [2.45, 2.75) is 0 Å². The van der Waals surface area contributed by atoms with Crippen molar-refractivity contribution in [3.05, 3.63) is 299 Å². The van der Waals surface area contributed by atoms with Crippen LogP contribution >= 0.6 is 0 Å². The van der Waals surface area contributed by atoms with Gasteiger partial charge in [-0.15, -0.1) is 0 Å². The molecule has 0 aromatic heterocycles. The van der Waals surface area contributed by atoms with Crippen LogP contribution in [0.25, 0.3) is 44.5 Å². The van der Waals surface area contributed by atoms with Crippen LogP contribution in [0.5, 0.6) is 0 Å². The molecule has 0 saturated heterocycles. The number of hydrogen-bond acceptors (Lipinski definition) is 1. The molecule has 9 aromatic rings. The molecule has 0 atom stereocenters. The first-order chi connectivity index (χ1) is 29.8. The number of nitriles is 1. The van der Waals surface area contributed by atoms with Gasteiger partial charge in [-0.05, 0) is 77.9 Å². The fraction of sp³-hybridized carbons (Fsp3) is 0. The molecule has 9 aromatic carbocycles. The normalized spacial score (nSPS) is 10.7. The first kappa shape index (κ1) is 37.5. The lowest BCUT2D eigenvalue weighted by atomic mass is 9.84. The topological polar surface area (TPSA) is 23.8 Å². The molecular weight excluding hydrogens is 723 g/mol. The molecule has 282 valence electrons. The molecule has 0 radical (unpaired) electrons. The van der Waals surface area contributed by atoms with Crippen molar-refractivity contribution in [1.29, 1.82) is 5.26 Å². The lowest BCUT2D eigenvalue weighted by Crippen LogP contribution is -1.98. The van der Waals surface area contributed by atoms with Gasteiger partial charge in [-0.1, -0.05) is 249 Å². The Hall–Kier alpha value is -8.05. The highest BCUT2D eigenvalue weighted by atomic mass is 14.3. The summed E-state index contributed by atoms with van der Waals surface area (Å²) in [5.74, 6) is 0. The van der Waals surface area contributed by atoms with E-state index >= 15 is 0 Å². The predicted octanol–water partition coefficient (Wildman–Crippen LogP) is 14.9. The summed E-state index contributed by atoms with van der Waals surface area (Å²) in [5.41, 5.74) is 18.2.